The summed E-state index contributed by atoms with van der Waals surface area (Å²) in [7, 11) is 1.89. The number of nitrogens with one attached hydrogen (secondary N) is 3. The van der Waals surface area contributed by atoms with Crippen molar-refractivity contribution >= 4 is 51.9 Å². The molecule has 0 spiro atoms. The quantitative estimate of drug-likeness (QED) is 0.0442. The van der Waals surface area contributed by atoms with Crippen LogP contribution in [0, 0.1) is 5.41 Å². The molecule has 20 heteroatoms. The number of halogens is 4. The lowest BCUT2D eigenvalue weighted by atomic mass is 9.77. The lowest BCUT2D eigenvalue weighted by Crippen LogP contribution is -2.52. The third-order valence-corrected chi connectivity index (χ3v) is 11.1. The summed E-state index contributed by atoms with van der Waals surface area (Å²) in [6.45, 7) is 5.33. The highest BCUT2D eigenvalue weighted by atomic mass is 35.5. The Balaban J connectivity index is 1.26. The van der Waals surface area contributed by atoms with Crippen LogP contribution in [0.5, 0.6) is 0 Å². The Morgan fingerprint density at radius 2 is 1.73 bits per heavy atom. The van der Waals surface area contributed by atoms with Crippen LogP contribution in [0.4, 0.5) is 18.2 Å². The van der Waals surface area contributed by atoms with Crippen molar-refractivity contribution < 1.29 is 62.6 Å². The minimum absolute atomic E-state index is 0.00779. The topological polar surface area (TPSA) is 223 Å². The Kier molecular flexibility index (Phi) is 18.0. The maximum Gasteiger partial charge on any atom is 0.417 e. The van der Waals surface area contributed by atoms with Gasteiger partial charge < -0.3 is 45.6 Å². The fourth-order valence-corrected chi connectivity index (χ4v) is 7.97. The fourth-order valence-electron chi connectivity index (χ4n) is 6.24. The van der Waals surface area contributed by atoms with Crippen molar-refractivity contribution in [3.05, 3.63) is 85.7 Å². The predicted molar refractivity (Wildman–Crippen MR) is 218 cm³/mol. The molecular formula is C40H51ClF3N5O10S. The minimum atomic E-state index is -4.66. The molecule has 1 heterocycles. The first-order valence-electron chi connectivity index (χ1n) is 19.0. The van der Waals surface area contributed by atoms with Gasteiger partial charge in [0.1, 0.15) is 23.3 Å². The van der Waals surface area contributed by atoms with Gasteiger partial charge in [-0.05, 0) is 72.7 Å². The van der Waals surface area contributed by atoms with Crippen molar-refractivity contribution in [3.63, 3.8) is 0 Å². The first-order chi connectivity index (χ1) is 28.3. The van der Waals surface area contributed by atoms with Crippen molar-refractivity contribution in [2.45, 2.75) is 70.2 Å². The van der Waals surface area contributed by atoms with Crippen LogP contribution in [0.25, 0.3) is 0 Å². The van der Waals surface area contributed by atoms with E-state index in [1.807, 2.05) is 18.0 Å². The molecule has 8 N–H and O–H groups in total. The van der Waals surface area contributed by atoms with Crippen molar-refractivity contribution in [3.8, 4) is 0 Å². The molecule has 1 aromatic heterocycles. The molecule has 3 aromatic rings. The fraction of sp³-hybridized carbons (Fsp3) is 0.500. The van der Waals surface area contributed by atoms with E-state index >= 15 is 0 Å². The predicted octanol–water partition coefficient (Wildman–Crippen LogP) is 2.97. The number of aliphatic hydroxyl groups is 5. The zero-order chi connectivity index (χ0) is 44.2. The van der Waals surface area contributed by atoms with E-state index in [2.05, 4.69) is 35.0 Å². The molecule has 0 radical (unpaired) electrons. The largest absolute Gasteiger partial charge is 0.417 e. The maximum atomic E-state index is 13.6. The molecule has 0 unspecified atom stereocenters. The molecule has 15 nitrogen and oxygen atoms in total. The number of carbonyl (C=O) groups is 3. The van der Waals surface area contributed by atoms with E-state index in [1.165, 1.54) is 17.4 Å². The molecule has 1 aliphatic carbocycles. The number of aliphatic hydroxyl groups excluding tert-OH is 5. The Labute approximate surface area is 354 Å². The van der Waals surface area contributed by atoms with E-state index < -0.39 is 65.5 Å². The Hall–Kier alpha value is -4.02. The molecule has 0 saturated heterocycles. The Bertz CT molecular complexity index is 1970. The summed E-state index contributed by atoms with van der Waals surface area (Å²) in [5.41, 5.74) is 3.74. The van der Waals surface area contributed by atoms with Crippen LogP contribution in [0.1, 0.15) is 68.1 Å². The van der Waals surface area contributed by atoms with Gasteiger partial charge in [0, 0.05) is 30.1 Å². The van der Waals surface area contributed by atoms with E-state index in [-0.39, 0.29) is 42.9 Å². The van der Waals surface area contributed by atoms with Gasteiger partial charge in [0.15, 0.2) is 6.10 Å². The number of amides is 3. The van der Waals surface area contributed by atoms with Gasteiger partial charge in [0.2, 0.25) is 0 Å². The number of likely N-dealkylation sites (N-methyl/N-ethyl adjacent to an activating group) is 1. The van der Waals surface area contributed by atoms with Crippen LogP contribution < -0.4 is 16.1 Å². The van der Waals surface area contributed by atoms with Crippen molar-refractivity contribution in [2.75, 3.05) is 58.5 Å². The van der Waals surface area contributed by atoms with E-state index in [1.54, 1.807) is 18.2 Å². The SMILES string of the molecule is CN(CCOCCOCCNC(=O)[C@H](O)[C@@H](O)[C@H](O)[C@H](O)CO)Cc1cccc(C(=O)Nc2sc3c(c2C(=O)N/N=C/c2ccc(Cl)c(C(F)(F)F)c2)CCC(C)(C)C3)c1. The number of alkyl halides is 3. The second-order valence-corrected chi connectivity index (χ2v) is 16.6. The van der Waals surface area contributed by atoms with Gasteiger partial charge in [0.25, 0.3) is 17.7 Å². The highest BCUT2D eigenvalue weighted by Crippen LogP contribution is 2.44. The lowest BCUT2D eigenvalue weighted by molar-refractivity contribution is -0.149. The number of rotatable bonds is 21. The molecule has 0 aliphatic heterocycles. The molecule has 0 fully saturated rings. The van der Waals surface area contributed by atoms with Gasteiger partial charge >= 0.3 is 6.18 Å². The number of fused-ring (bicyclic) bond motifs is 1. The van der Waals surface area contributed by atoms with Gasteiger partial charge in [-0.25, -0.2) is 5.43 Å². The standard InChI is InChI=1S/C40H51ClF3N5O10S/c1-39(2)10-9-26-30(19-39)60-38(31(26)36(56)48-46-20-23-7-8-28(41)27(18-23)40(42,43)44)47-35(55)25-6-4-5-24(17-25)21-49(3)12-14-59-16-15-58-13-11-45-37(57)34(54)33(53)32(52)29(51)22-50/h4-8,17-18,20,29,32-34,50-54H,9-16,19,21-22H2,1-3H3,(H,45,57)(H,47,55)(H,48,56)/b46-20+/t29-,32-,33+,34-/m1/s1. The van der Waals surface area contributed by atoms with Gasteiger partial charge in [-0.1, -0.05) is 43.6 Å². The van der Waals surface area contributed by atoms with E-state index in [4.69, 9.17) is 26.2 Å². The van der Waals surface area contributed by atoms with Gasteiger partial charge in [0.05, 0.1) is 55.4 Å². The second-order valence-electron chi connectivity index (χ2n) is 15.1. The van der Waals surface area contributed by atoms with E-state index in [0.29, 0.717) is 43.1 Å². The average Bonchev–Trinajstić information content (AvgIpc) is 3.54. The number of ether oxygens (including phenoxy) is 2. The van der Waals surface area contributed by atoms with Crippen LogP contribution in [-0.2, 0) is 39.8 Å². The number of thiophene rings is 1. The first kappa shape index (κ1) is 48.6. The normalized spacial score (nSPS) is 15.9. The van der Waals surface area contributed by atoms with Gasteiger partial charge in [-0.2, -0.15) is 18.3 Å². The number of carbonyl (C=O) groups excluding carboxylic acids is 3. The number of hydrogen-bond acceptors (Lipinski definition) is 13. The zero-order valence-electron chi connectivity index (χ0n) is 33.3. The second kappa shape index (κ2) is 22.2. The highest BCUT2D eigenvalue weighted by molar-refractivity contribution is 7.17. The molecule has 2 aromatic carbocycles. The summed E-state index contributed by atoms with van der Waals surface area (Å²) in [6, 6.07) is 10.3. The summed E-state index contributed by atoms with van der Waals surface area (Å²) >= 11 is 7.04. The van der Waals surface area contributed by atoms with Gasteiger partial charge in [-0.15, -0.1) is 11.3 Å². The van der Waals surface area contributed by atoms with E-state index in [0.717, 1.165) is 40.8 Å². The number of nitrogens with zero attached hydrogens (tertiary/aromatic N) is 2. The third kappa shape index (κ3) is 14.0. The van der Waals surface area contributed by atoms with Crippen LogP contribution in [0.15, 0.2) is 47.6 Å². The first-order valence-corrected chi connectivity index (χ1v) is 20.2. The molecule has 330 valence electrons. The summed E-state index contributed by atoms with van der Waals surface area (Å²) in [5.74, 6) is -2.02. The maximum absolute atomic E-state index is 13.6. The van der Waals surface area contributed by atoms with Crippen molar-refractivity contribution in [2.24, 2.45) is 10.5 Å². The summed E-state index contributed by atoms with van der Waals surface area (Å²) in [4.78, 5) is 42.1. The monoisotopic (exact) mass is 885 g/mol. The van der Waals surface area contributed by atoms with Crippen LogP contribution >= 0.6 is 22.9 Å². The number of hydrogen-bond donors (Lipinski definition) is 8. The summed E-state index contributed by atoms with van der Waals surface area (Å²) in [6.07, 6.45) is -9.14. The Morgan fingerprint density at radius 3 is 2.43 bits per heavy atom. The molecule has 60 heavy (non-hydrogen) atoms. The molecule has 4 rings (SSSR count). The summed E-state index contributed by atoms with van der Waals surface area (Å²) in [5, 5.41) is 56.5. The highest BCUT2D eigenvalue weighted by Gasteiger charge is 2.35. The average molecular weight is 886 g/mol. The number of hydrazone groups is 1. The van der Waals surface area contributed by atoms with Crippen LogP contribution in [0.3, 0.4) is 0 Å². The zero-order valence-corrected chi connectivity index (χ0v) is 34.9. The molecule has 0 bridgehead atoms. The molecular weight excluding hydrogens is 835 g/mol. The molecule has 1 aliphatic rings. The number of anilines is 1. The van der Waals surface area contributed by atoms with Crippen molar-refractivity contribution in [1.29, 1.82) is 0 Å². The Morgan fingerprint density at radius 1 is 1.02 bits per heavy atom. The lowest BCUT2D eigenvalue weighted by Gasteiger charge is -2.29. The summed E-state index contributed by atoms with van der Waals surface area (Å²) < 4.78 is 51.0. The third-order valence-electron chi connectivity index (χ3n) is 9.61. The number of benzene rings is 2. The van der Waals surface area contributed by atoms with Crippen LogP contribution in [0.2, 0.25) is 5.02 Å². The molecule has 4 atom stereocenters. The molecule has 0 saturated carbocycles. The van der Waals surface area contributed by atoms with Crippen molar-refractivity contribution in [1.82, 2.24) is 15.6 Å². The van der Waals surface area contributed by atoms with Crippen LogP contribution in [-0.4, -0.2) is 132 Å². The molecule has 3 amide bonds. The smallest absolute Gasteiger partial charge is 0.394 e. The van der Waals surface area contributed by atoms with E-state index in [9.17, 15) is 48.0 Å². The van der Waals surface area contributed by atoms with Gasteiger partial charge in [-0.3, -0.25) is 19.3 Å². The minimum Gasteiger partial charge on any atom is -0.394 e.